The highest BCUT2D eigenvalue weighted by atomic mass is 32.2. The number of unbranched alkanes of at least 4 members (excludes halogenated alkanes) is 1. The van der Waals surface area contributed by atoms with E-state index < -0.39 is 0 Å². The van der Waals surface area contributed by atoms with E-state index in [1.807, 2.05) is 6.08 Å². The van der Waals surface area contributed by atoms with E-state index in [0.717, 1.165) is 18.6 Å². The van der Waals surface area contributed by atoms with Gasteiger partial charge in [-0.05, 0) is 36.8 Å². The summed E-state index contributed by atoms with van der Waals surface area (Å²) in [5.41, 5.74) is 5.91. The van der Waals surface area contributed by atoms with Crippen LogP contribution in [0.4, 0.5) is 10.1 Å². The van der Waals surface area contributed by atoms with Crippen molar-refractivity contribution in [1.82, 2.24) is 0 Å². The Labute approximate surface area is 88.2 Å². The smallest absolute Gasteiger partial charge is 0.138 e. The third-order valence-corrected chi connectivity index (χ3v) is 2.90. The monoisotopic (exact) mass is 211 g/mol. The zero-order valence-corrected chi connectivity index (χ0v) is 8.82. The SMILES string of the molecule is C=CCCCSc1ccc(N)cc1F. The molecule has 0 amide bonds. The van der Waals surface area contributed by atoms with Gasteiger partial charge in [-0.15, -0.1) is 18.3 Å². The standard InChI is InChI=1S/C11H14FNS/c1-2-3-4-7-14-11-6-5-9(13)8-10(11)12/h2,5-6,8H,1,3-4,7,13H2. The van der Waals surface area contributed by atoms with E-state index in [1.54, 1.807) is 12.1 Å². The van der Waals surface area contributed by atoms with Crippen molar-refractivity contribution in [1.29, 1.82) is 0 Å². The van der Waals surface area contributed by atoms with Gasteiger partial charge in [0.25, 0.3) is 0 Å². The Balaban J connectivity index is 2.46. The molecule has 0 bridgehead atoms. The maximum atomic E-state index is 13.2. The van der Waals surface area contributed by atoms with Gasteiger partial charge in [-0.2, -0.15) is 0 Å². The summed E-state index contributed by atoms with van der Waals surface area (Å²) < 4.78 is 13.2. The van der Waals surface area contributed by atoms with Crippen molar-refractivity contribution < 1.29 is 4.39 Å². The van der Waals surface area contributed by atoms with Crippen LogP contribution in [0.1, 0.15) is 12.8 Å². The Kier molecular flexibility index (Phi) is 4.53. The van der Waals surface area contributed by atoms with Gasteiger partial charge in [0, 0.05) is 10.6 Å². The molecule has 0 aliphatic carbocycles. The van der Waals surface area contributed by atoms with Crippen molar-refractivity contribution in [2.45, 2.75) is 17.7 Å². The lowest BCUT2D eigenvalue weighted by Crippen LogP contribution is -1.88. The van der Waals surface area contributed by atoms with Crippen LogP contribution in [0.15, 0.2) is 35.7 Å². The molecule has 0 aromatic heterocycles. The van der Waals surface area contributed by atoms with Gasteiger partial charge in [0.1, 0.15) is 5.82 Å². The third kappa shape index (κ3) is 3.42. The minimum Gasteiger partial charge on any atom is -0.399 e. The van der Waals surface area contributed by atoms with E-state index in [0.29, 0.717) is 10.6 Å². The van der Waals surface area contributed by atoms with Crippen molar-refractivity contribution in [2.24, 2.45) is 0 Å². The summed E-state index contributed by atoms with van der Waals surface area (Å²) in [5, 5.41) is 0. The summed E-state index contributed by atoms with van der Waals surface area (Å²) in [5.74, 6) is 0.681. The highest BCUT2D eigenvalue weighted by Crippen LogP contribution is 2.24. The minimum atomic E-state index is -0.228. The molecule has 1 nitrogen and oxygen atoms in total. The first kappa shape index (κ1) is 11.1. The fourth-order valence-electron chi connectivity index (χ4n) is 1.04. The van der Waals surface area contributed by atoms with E-state index in [1.165, 1.54) is 17.8 Å². The molecular weight excluding hydrogens is 197 g/mol. The summed E-state index contributed by atoms with van der Waals surface area (Å²) in [6, 6.07) is 4.80. The van der Waals surface area contributed by atoms with Crippen LogP contribution in [0.25, 0.3) is 0 Å². The third-order valence-electron chi connectivity index (χ3n) is 1.77. The van der Waals surface area contributed by atoms with Gasteiger partial charge in [0.05, 0.1) is 0 Å². The second-order valence-electron chi connectivity index (χ2n) is 2.97. The lowest BCUT2D eigenvalue weighted by Gasteiger charge is -2.02. The van der Waals surface area contributed by atoms with Crippen molar-refractivity contribution in [3.05, 3.63) is 36.7 Å². The first-order valence-corrected chi connectivity index (χ1v) is 5.51. The molecule has 0 heterocycles. The number of hydrogen-bond donors (Lipinski definition) is 1. The van der Waals surface area contributed by atoms with E-state index in [-0.39, 0.29) is 5.82 Å². The van der Waals surface area contributed by atoms with Crippen LogP contribution in [0.2, 0.25) is 0 Å². The molecule has 1 rings (SSSR count). The normalized spacial score (nSPS) is 10.1. The summed E-state index contributed by atoms with van der Waals surface area (Å²) in [7, 11) is 0. The number of rotatable bonds is 5. The maximum Gasteiger partial charge on any atom is 0.138 e. The molecule has 0 saturated heterocycles. The molecule has 0 radical (unpaired) electrons. The molecule has 14 heavy (non-hydrogen) atoms. The van der Waals surface area contributed by atoms with E-state index in [2.05, 4.69) is 6.58 Å². The van der Waals surface area contributed by atoms with Crippen LogP contribution in [0.5, 0.6) is 0 Å². The molecule has 0 unspecified atom stereocenters. The zero-order chi connectivity index (χ0) is 10.4. The average molecular weight is 211 g/mol. The molecule has 2 N–H and O–H groups in total. The Morgan fingerprint density at radius 1 is 1.50 bits per heavy atom. The van der Waals surface area contributed by atoms with Gasteiger partial charge in [0.15, 0.2) is 0 Å². The van der Waals surface area contributed by atoms with Gasteiger partial charge in [0.2, 0.25) is 0 Å². The Bertz CT molecular complexity index is 312. The van der Waals surface area contributed by atoms with Crippen LogP contribution in [-0.4, -0.2) is 5.75 Å². The average Bonchev–Trinajstić information content (AvgIpc) is 2.15. The van der Waals surface area contributed by atoms with Gasteiger partial charge in [-0.1, -0.05) is 6.08 Å². The highest BCUT2D eigenvalue weighted by molar-refractivity contribution is 7.99. The quantitative estimate of drug-likeness (QED) is 0.349. The minimum absolute atomic E-state index is 0.228. The van der Waals surface area contributed by atoms with Crippen LogP contribution in [-0.2, 0) is 0 Å². The molecule has 76 valence electrons. The van der Waals surface area contributed by atoms with Gasteiger partial charge >= 0.3 is 0 Å². The van der Waals surface area contributed by atoms with Crippen LogP contribution >= 0.6 is 11.8 Å². The van der Waals surface area contributed by atoms with Crippen molar-refractivity contribution >= 4 is 17.4 Å². The molecular formula is C11H14FNS. The molecule has 1 aromatic carbocycles. The number of hydrogen-bond acceptors (Lipinski definition) is 2. The summed E-state index contributed by atoms with van der Waals surface area (Å²) in [4.78, 5) is 0.670. The highest BCUT2D eigenvalue weighted by Gasteiger charge is 2.01. The number of halogens is 1. The molecule has 0 saturated carbocycles. The summed E-state index contributed by atoms with van der Waals surface area (Å²) in [6.45, 7) is 3.63. The first-order chi connectivity index (χ1) is 6.74. The van der Waals surface area contributed by atoms with Gasteiger partial charge < -0.3 is 5.73 Å². The van der Waals surface area contributed by atoms with Crippen LogP contribution in [0.3, 0.4) is 0 Å². The molecule has 0 aliphatic rings. The summed E-state index contributed by atoms with van der Waals surface area (Å²) in [6.07, 6.45) is 3.88. The molecule has 1 aromatic rings. The number of thioether (sulfide) groups is 1. The fraction of sp³-hybridized carbons (Fsp3) is 0.273. The topological polar surface area (TPSA) is 26.0 Å². The molecule has 0 spiro atoms. The number of nitrogens with two attached hydrogens (primary N) is 1. The van der Waals surface area contributed by atoms with Crippen molar-refractivity contribution in [3.8, 4) is 0 Å². The number of benzene rings is 1. The molecule has 0 fully saturated rings. The lowest BCUT2D eigenvalue weighted by molar-refractivity contribution is 0.602. The lowest BCUT2D eigenvalue weighted by atomic mass is 10.3. The molecule has 3 heteroatoms. The van der Waals surface area contributed by atoms with Gasteiger partial charge in [-0.25, -0.2) is 4.39 Å². The largest absolute Gasteiger partial charge is 0.399 e. The number of anilines is 1. The Morgan fingerprint density at radius 2 is 2.29 bits per heavy atom. The van der Waals surface area contributed by atoms with Crippen LogP contribution < -0.4 is 5.73 Å². The Hall–Kier alpha value is -0.960. The molecule has 0 atom stereocenters. The summed E-state index contributed by atoms with van der Waals surface area (Å²) >= 11 is 1.52. The first-order valence-electron chi connectivity index (χ1n) is 4.52. The van der Waals surface area contributed by atoms with E-state index in [4.69, 9.17) is 5.73 Å². The van der Waals surface area contributed by atoms with E-state index in [9.17, 15) is 4.39 Å². The Morgan fingerprint density at radius 3 is 2.93 bits per heavy atom. The molecule has 0 aliphatic heterocycles. The second kappa shape index (κ2) is 5.70. The zero-order valence-electron chi connectivity index (χ0n) is 8.00. The predicted molar refractivity (Wildman–Crippen MR) is 61.0 cm³/mol. The van der Waals surface area contributed by atoms with Crippen LogP contribution in [0, 0.1) is 5.82 Å². The number of nitrogen functional groups attached to an aromatic ring is 1. The van der Waals surface area contributed by atoms with E-state index >= 15 is 0 Å². The number of allylic oxidation sites excluding steroid dienone is 1. The van der Waals surface area contributed by atoms with Gasteiger partial charge in [-0.3, -0.25) is 0 Å². The van der Waals surface area contributed by atoms with Crippen molar-refractivity contribution in [2.75, 3.05) is 11.5 Å². The fourth-order valence-corrected chi connectivity index (χ4v) is 1.94. The second-order valence-corrected chi connectivity index (χ2v) is 4.11. The van der Waals surface area contributed by atoms with Crippen molar-refractivity contribution in [3.63, 3.8) is 0 Å². The maximum absolute atomic E-state index is 13.2. The predicted octanol–water partition coefficient (Wildman–Crippen LogP) is 3.47.